The highest BCUT2D eigenvalue weighted by molar-refractivity contribution is 5.96. The zero-order chi connectivity index (χ0) is 17.8. The highest BCUT2D eigenvalue weighted by atomic mass is 19.1. The monoisotopic (exact) mass is 345 g/mol. The van der Waals surface area contributed by atoms with Crippen LogP contribution in [0.3, 0.4) is 0 Å². The third-order valence-electron chi connectivity index (χ3n) is 4.20. The second kappa shape index (κ2) is 7.42. The highest BCUT2D eigenvalue weighted by Gasteiger charge is 2.31. The van der Waals surface area contributed by atoms with E-state index >= 15 is 0 Å². The summed E-state index contributed by atoms with van der Waals surface area (Å²) < 4.78 is 13.2. The Morgan fingerprint density at radius 3 is 3.00 bits per heavy atom. The number of carbonyl (C=O) groups excluding carboxylic acids is 2. The Morgan fingerprint density at radius 1 is 1.48 bits per heavy atom. The summed E-state index contributed by atoms with van der Waals surface area (Å²) in [5.41, 5.74) is 0.753. The molecule has 0 aliphatic carbocycles. The normalized spacial score (nSPS) is 15.4. The summed E-state index contributed by atoms with van der Waals surface area (Å²) in [5, 5.41) is 9.35. The van der Waals surface area contributed by atoms with E-state index in [-0.39, 0.29) is 23.6 Å². The van der Waals surface area contributed by atoms with Gasteiger partial charge >= 0.3 is 0 Å². The summed E-state index contributed by atoms with van der Waals surface area (Å²) in [4.78, 5) is 30.1. The number of likely N-dealkylation sites (tertiary alicyclic amines) is 1. The van der Waals surface area contributed by atoms with Gasteiger partial charge in [0, 0.05) is 19.4 Å². The van der Waals surface area contributed by atoms with Crippen LogP contribution in [0.2, 0.25) is 0 Å². The standard InChI is InChI=1S/C17H20FN5O2/c1-2-13(23-8-4-7-15(23)24)16(25)20-17-19-14(21-22-17)10-11-5-3-6-12(18)9-11/h3,5-6,9,13H,2,4,7-8,10H2,1H3,(H2,19,20,21,22,25)/t13-/m1/s1. The number of benzene rings is 1. The largest absolute Gasteiger partial charge is 0.331 e. The van der Waals surface area contributed by atoms with Gasteiger partial charge in [0.1, 0.15) is 17.7 Å². The third-order valence-corrected chi connectivity index (χ3v) is 4.20. The molecule has 132 valence electrons. The van der Waals surface area contributed by atoms with Gasteiger partial charge in [-0.1, -0.05) is 19.1 Å². The van der Waals surface area contributed by atoms with Crippen molar-refractivity contribution in [1.82, 2.24) is 20.1 Å². The Morgan fingerprint density at radius 2 is 2.32 bits per heavy atom. The summed E-state index contributed by atoms with van der Waals surface area (Å²) in [6.07, 6.45) is 2.17. The average Bonchev–Trinajstić information content (AvgIpc) is 3.18. The molecule has 1 aromatic heterocycles. The maximum absolute atomic E-state index is 13.2. The molecular weight excluding hydrogens is 325 g/mol. The first-order chi connectivity index (χ1) is 12.1. The van der Waals surface area contributed by atoms with Crippen molar-refractivity contribution in [1.29, 1.82) is 0 Å². The second-order valence-corrected chi connectivity index (χ2v) is 6.02. The number of rotatable bonds is 6. The number of aromatic nitrogens is 3. The fourth-order valence-electron chi connectivity index (χ4n) is 3.01. The smallest absolute Gasteiger partial charge is 0.249 e. The van der Waals surface area contributed by atoms with Gasteiger partial charge in [0.25, 0.3) is 0 Å². The van der Waals surface area contributed by atoms with Crippen molar-refractivity contribution in [2.75, 3.05) is 11.9 Å². The van der Waals surface area contributed by atoms with Crippen molar-refractivity contribution in [2.45, 2.75) is 38.6 Å². The van der Waals surface area contributed by atoms with Crippen molar-refractivity contribution in [3.63, 3.8) is 0 Å². The number of H-pyrrole nitrogens is 1. The number of nitrogens with one attached hydrogen (secondary N) is 2. The predicted octanol–water partition coefficient (Wildman–Crippen LogP) is 1.87. The van der Waals surface area contributed by atoms with E-state index in [2.05, 4.69) is 20.5 Å². The molecule has 0 bridgehead atoms. The first-order valence-corrected chi connectivity index (χ1v) is 8.33. The quantitative estimate of drug-likeness (QED) is 0.836. The Kier molecular flexibility index (Phi) is 5.06. The van der Waals surface area contributed by atoms with Gasteiger partial charge in [-0.25, -0.2) is 4.39 Å². The molecule has 1 aliphatic heterocycles. The second-order valence-electron chi connectivity index (χ2n) is 6.02. The maximum atomic E-state index is 13.2. The van der Waals surface area contributed by atoms with Crippen molar-refractivity contribution < 1.29 is 14.0 Å². The molecule has 1 atom stereocenters. The Bertz CT molecular complexity index is 776. The average molecular weight is 345 g/mol. The van der Waals surface area contributed by atoms with Crippen molar-refractivity contribution >= 4 is 17.8 Å². The molecule has 0 unspecified atom stereocenters. The van der Waals surface area contributed by atoms with Crippen LogP contribution in [0.4, 0.5) is 10.3 Å². The van der Waals surface area contributed by atoms with E-state index in [1.54, 1.807) is 17.0 Å². The maximum Gasteiger partial charge on any atom is 0.249 e. The Balaban J connectivity index is 1.64. The van der Waals surface area contributed by atoms with Crippen LogP contribution >= 0.6 is 0 Å². The van der Waals surface area contributed by atoms with Crippen LogP contribution in [0.5, 0.6) is 0 Å². The third kappa shape index (κ3) is 4.01. The highest BCUT2D eigenvalue weighted by Crippen LogP contribution is 2.17. The molecule has 0 saturated carbocycles. The van der Waals surface area contributed by atoms with Crippen LogP contribution < -0.4 is 5.32 Å². The molecule has 0 radical (unpaired) electrons. The lowest BCUT2D eigenvalue weighted by atomic mass is 10.1. The van der Waals surface area contributed by atoms with Crippen LogP contribution in [0.25, 0.3) is 0 Å². The molecule has 2 aromatic rings. The van der Waals surface area contributed by atoms with Gasteiger partial charge in [-0.3, -0.25) is 20.0 Å². The lowest BCUT2D eigenvalue weighted by Crippen LogP contribution is -2.44. The topological polar surface area (TPSA) is 91.0 Å². The number of hydrogen-bond donors (Lipinski definition) is 2. The minimum Gasteiger partial charge on any atom is -0.331 e. The molecular formula is C17H20FN5O2. The zero-order valence-corrected chi connectivity index (χ0v) is 14.0. The van der Waals surface area contributed by atoms with E-state index in [1.165, 1.54) is 12.1 Å². The number of aromatic amines is 1. The molecule has 3 rings (SSSR count). The number of amides is 2. The number of carbonyl (C=O) groups is 2. The summed E-state index contributed by atoms with van der Waals surface area (Å²) in [7, 11) is 0. The molecule has 8 heteroatoms. The van der Waals surface area contributed by atoms with Crippen LogP contribution in [0, 0.1) is 5.82 Å². The molecule has 1 aliphatic rings. The minimum atomic E-state index is -0.514. The minimum absolute atomic E-state index is 0.00350. The fourth-order valence-corrected chi connectivity index (χ4v) is 3.01. The fraction of sp³-hybridized carbons (Fsp3) is 0.412. The summed E-state index contributed by atoms with van der Waals surface area (Å²) in [5.74, 6) is 0.0668. The molecule has 0 spiro atoms. The van der Waals surface area contributed by atoms with E-state index in [9.17, 15) is 14.0 Å². The van der Waals surface area contributed by atoms with Crippen molar-refractivity contribution in [3.05, 3.63) is 41.5 Å². The molecule has 25 heavy (non-hydrogen) atoms. The Hall–Kier alpha value is -2.77. The van der Waals surface area contributed by atoms with E-state index < -0.39 is 6.04 Å². The molecule has 1 saturated heterocycles. The lowest BCUT2D eigenvalue weighted by molar-refractivity contribution is -0.135. The van der Waals surface area contributed by atoms with Crippen molar-refractivity contribution in [2.24, 2.45) is 0 Å². The molecule has 2 amide bonds. The predicted molar refractivity (Wildman–Crippen MR) is 89.2 cm³/mol. The molecule has 1 aromatic carbocycles. The van der Waals surface area contributed by atoms with E-state index in [1.807, 2.05) is 6.92 Å². The van der Waals surface area contributed by atoms with Gasteiger partial charge in [-0.2, -0.15) is 4.98 Å². The van der Waals surface area contributed by atoms with E-state index in [4.69, 9.17) is 0 Å². The SMILES string of the molecule is CC[C@H](C(=O)Nc1n[nH]c(Cc2cccc(F)c2)n1)N1CCCC1=O. The first kappa shape index (κ1) is 17.1. The first-order valence-electron chi connectivity index (χ1n) is 8.33. The van der Waals surface area contributed by atoms with Crippen molar-refractivity contribution in [3.8, 4) is 0 Å². The molecule has 2 heterocycles. The number of halogens is 1. The summed E-state index contributed by atoms with van der Waals surface area (Å²) >= 11 is 0. The molecule has 7 nitrogen and oxygen atoms in total. The van der Waals surface area contributed by atoms with Gasteiger partial charge in [0.15, 0.2) is 0 Å². The Labute approximate surface area is 144 Å². The van der Waals surface area contributed by atoms with Crippen LogP contribution in [-0.4, -0.2) is 44.5 Å². The summed E-state index contributed by atoms with van der Waals surface area (Å²) in [6, 6.07) is 5.70. The van der Waals surface area contributed by atoms with Crippen LogP contribution in [0.1, 0.15) is 37.6 Å². The van der Waals surface area contributed by atoms with Gasteiger partial charge in [0.2, 0.25) is 17.8 Å². The van der Waals surface area contributed by atoms with Gasteiger partial charge in [-0.05, 0) is 30.5 Å². The molecule has 1 fully saturated rings. The van der Waals surface area contributed by atoms with Gasteiger partial charge in [-0.15, -0.1) is 5.10 Å². The van der Waals surface area contributed by atoms with E-state index in [0.717, 1.165) is 12.0 Å². The number of anilines is 1. The number of hydrogen-bond acceptors (Lipinski definition) is 4. The van der Waals surface area contributed by atoms with Crippen LogP contribution in [0.15, 0.2) is 24.3 Å². The van der Waals surface area contributed by atoms with E-state index in [0.29, 0.717) is 31.6 Å². The number of nitrogens with zero attached hydrogens (tertiary/aromatic N) is 3. The van der Waals surface area contributed by atoms with Gasteiger partial charge < -0.3 is 4.90 Å². The van der Waals surface area contributed by atoms with Crippen LogP contribution in [-0.2, 0) is 16.0 Å². The molecule has 2 N–H and O–H groups in total. The zero-order valence-electron chi connectivity index (χ0n) is 14.0. The lowest BCUT2D eigenvalue weighted by Gasteiger charge is -2.25. The van der Waals surface area contributed by atoms with Gasteiger partial charge in [0.05, 0.1) is 0 Å². The summed E-state index contributed by atoms with van der Waals surface area (Å²) in [6.45, 7) is 2.47.